The summed E-state index contributed by atoms with van der Waals surface area (Å²) in [5, 5.41) is 4.86. The molecule has 0 amide bonds. The summed E-state index contributed by atoms with van der Waals surface area (Å²) in [6, 6.07) is 23.1. The molecular formula is C22H17N3S3. The number of hydrogen-bond donors (Lipinski definition) is 3. The van der Waals surface area contributed by atoms with Crippen LogP contribution in [0.15, 0.2) is 66.7 Å². The predicted molar refractivity (Wildman–Crippen MR) is 127 cm³/mol. The normalized spacial score (nSPS) is 11.3. The number of benzene rings is 2. The highest BCUT2D eigenvalue weighted by atomic mass is 32.1. The van der Waals surface area contributed by atoms with Crippen molar-refractivity contribution in [2.24, 2.45) is 0 Å². The summed E-state index contributed by atoms with van der Waals surface area (Å²) in [5.74, 6) is 0. The maximum Gasteiger partial charge on any atom is 0.0862 e. The van der Waals surface area contributed by atoms with Crippen LogP contribution in [0.2, 0.25) is 0 Å². The minimum atomic E-state index is 0.816. The van der Waals surface area contributed by atoms with E-state index in [4.69, 9.17) is 17.2 Å². The molecule has 138 valence electrons. The van der Waals surface area contributed by atoms with E-state index >= 15 is 0 Å². The van der Waals surface area contributed by atoms with E-state index in [1.807, 2.05) is 18.2 Å². The standard InChI is InChI=1S/C22H17N3S3/c23-20-7-4-17(26-20)12-10-15-13(16(11-12)19-6-9-22(25)28-19)2-1-3-14(15)18-5-8-21(24)27-18/h1-11H,23-25H2. The lowest BCUT2D eigenvalue weighted by molar-refractivity contribution is 1.71. The number of nitrogens with two attached hydrogens (primary N) is 3. The van der Waals surface area contributed by atoms with Gasteiger partial charge < -0.3 is 17.2 Å². The van der Waals surface area contributed by atoms with Crippen molar-refractivity contribution in [2.45, 2.75) is 0 Å². The van der Waals surface area contributed by atoms with E-state index in [0.29, 0.717) is 0 Å². The highest BCUT2D eigenvalue weighted by Crippen LogP contribution is 2.43. The summed E-state index contributed by atoms with van der Waals surface area (Å²) in [4.78, 5) is 3.49. The zero-order chi connectivity index (χ0) is 19.3. The predicted octanol–water partition coefficient (Wildman–Crippen LogP) is 6.77. The van der Waals surface area contributed by atoms with Crippen molar-refractivity contribution in [3.05, 3.63) is 66.7 Å². The molecule has 0 aliphatic heterocycles. The first-order chi connectivity index (χ1) is 13.6. The monoisotopic (exact) mass is 419 g/mol. The lowest BCUT2D eigenvalue weighted by atomic mass is 9.95. The number of hydrogen-bond acceptors (Lipinski definition) is 6. The fourth-order valence-corrected chi connectivity index (χ4v) is 5.83. The minimum Gasteiger partial charge on any atom is -0.391 e. The summed E-state index contributed by atoms with van der Waals surface area (Å²) < 4.78 is 0. The Morgan fingerprint density at radius 2 is 1.07 bits per heavy atom. The Morgan fingerprint density at radius 3 is 1.64 bits per heavy atom. The van der Waals surface area contributed by atoms with E-state index in [-0.39, 0.29) is 0 Å². The minimum absolute atomic E-state index is 0.816. The third kappa shape index (κ3) is 2.96. The molecule has 0 aliphatic rings. The smallest absolute Gasteiger partial charge is 0.0862 e. The Kier molecular flexibility index (Phi) is 4.12. The summed E-state index contributed by atoms with van der Waals surface area (Å²) in [6.07, 6.45) is 0. The molecule has 0 aliphatic carbocycles. The van der Waals surface area contributed by atoms with Crippen molar-refractivity contribution in [1.29, 1.82) is 0 Å². The molecule has 0 saturated carbocycles. The van der Waals surface area contributed by atoms with E-state index in [2.05, 4.69) is 48.5 Å². The van der Waals surface area contributed by atoms with E-state index in [9.17, 15) is 0 Å². The number of fused-ring (bicyclic) bond motifs is 1. The van der Waals surface area contributed by atoms with Gasteiger partial charge in [-0.2, -0.15) is 0 Å². The van der Waals surface area contributed by atoms with Gasteiger partial charge in [0.25, 0.3) is 0 Å². The average Bonchev–Trinajstić information content (AvgIpc) is 3.42. The van der Waals surface area contributed by atoms with Gasteiger partial charge in [-0.3, -0.25) is 0 Å². The maximum atomic E-state index is 6.03. The molecule has 2 aromatic carbocycles. The van der Waals surface area contributed by atoms with Crippen LogP contribution in [0.1, 0.15) is 0 Å². The SMILES string of the molecule is Nc1ccc(-c2cc(-c3ccc(N)s3)c3cccc(-c4ccc(N)s4)c3c2)s1. The topological polar surface area (TPSA) is 78.1 Å². The molecule has 0 unspecified atom stereocenters. The second kappa shape index (κ2) is 6.67. The molecule has 0 atom stereocenters. The molecule has 3 nitrogen and oxygen atoms in total. The first-order valence-corrected chi connectivity index (χ1v) is 11.2. The van der Waals surface area contributed by atoms with Crippen LogP contribution in [0.3, 0.4) is 0 Å². The maximum absolute atomic E-state index is 6.03. The Balaban J connectivity index is 1.84. The molecule has 6 N–H and O–H groups in total. The molecule has 0 saturated heterocycles. The molecular weight excluding hydrogens is 402 g/mol. The fraction of sp³-hybridized carbons (Fsp3) is 0. The second-order valence-corrected chi connectivity index (χ2v) is 9.88. The van der Waals surface area contributed by atoms with Crippen LogP contribution in [-0.2, 0) is 0 Å². The van der Waals surface area contributed by atoms with Crippen LogP contribution in [0.4, 0.5) is 15.0 Å². The van der Waals surface area contributed by atoms with Crippen LogP contribution in [0, 0.1) is 0 Å². The largest absolute Gasteiger partial charge is 0.391 e. The van der Waals surface area contributed by atoms with Gasteiger partial charge in [-0.1, -0.05) is 18.2 Å². The molecule has 0 radical (unpaired) electrons. The molecule has 0 bridgehead atoms. The zero-order valence-corrected chi connectivity index (χ0v) is 17.3. The van der Waals surface area contributed by atoms with Crippen molar-refractivity contribution in [3.8, 4) is 31.3 Å². The van der Waals surface area contributed by atoms with Crippen molar-refractivity contribution < 1.29 is 0 Å². The lowest BCUT2D eigenvalue weighted by Gasteiger charge is -2.12. The van der Waals surface area contributed by atoms with Crippen molar-refractivity contribution in [1.82, 2.24) is 0 Å². The number of nitrogen functional groups attached to an aromatic ring is 3. The highest BCUT2D eigenvalue weighted by Gasteiger charge is 2.14. The molecule has 5 rings (SSSR count). The van der Waals surface area contributed by atoms with Gasteiger partial charge in [-0.15, -0.1) is 34.0 Å². The third-order valence-electron chi connectivity index (χ3n) is 4.69. The van der Waals surface area contributed by atoms with Gasteiger partial charge in [-0.25, -0.2) is 0 Å². The van der Waals surface area contributed by atoms with Gasteiger partial charge in [0.05, 0.1) is 15.0 Å². The Morgan fingerprint density at radius 1 is 0.500 bits per heavy atom. The first kappa shape index (κ1) is 17.3. The summed E-state index contributed by atoms with van der Waals surface area (Å²) in [5.41, 5.74) is 21.6. The van der Waals surface area contributed by atoms with Crippen LogP contribution in [0.25, 0.3) is 42.1 Å². The van der Waals surface area contributed by atoms with Gasteiger partial charge in [0.1, 0.15) is 0 Å². The molecule has 5 aromatic rings. The summed E-state index contributed by atoms with van der Waals surface area (Å²) >= 11 is 4.82. The van der Waals surface area contributed by atoms with Gasteiger partial charge in [0.15, 0.2) is 0 Å². The van der Waals surface area contributed by atoms with Crippen molar-refractivity contribution in [2.75, 3.05) is 17.2 Å². The third-order valence-corrected chi connectivity index (χ3v) is 7.55. The van der Waals surface area contributed by atoms with E-state index in [1.165, 1.54) is 26.8 Å². The molecule has 0 spiro atoms. The first-order valence-electron chi connectivity index (χ1n) is 8.72. The quantitative estimate of drug-likeness (QED) is 0.302. The van der Waals surface area contributed by atoms with Crippen LogP contribution in [0.5, 0.6) is 0 Å². The highest BCUT2D eigenvalue weighted by molar-refractivity contribution is 7.20. The number of rotatable bonds is 3. The molecule has 0 fully saturated rings. The van der Waals surface area contributed by atoms with E-state index in [0.717, 1.165) is 30.3 Å². The fourth-order valence-electron chi connectivity index (χ4n) is 3.45. The van der Waals surface area contributed by atoms with Gasteiger partial charge in [0.2, 0.25) is 0 Å². The van der Waals surface area contributed by atoms with E-state index < -0.39 is 0 Å². The van der Waals surface area contributed by atoms with Crippen LogP contribution in [-0.4, -0.2) is 0 Å². The van der Waals surface area contributed by atoms with E-state index in [1.54, 1.807) is 34.0 Å². The Bertz CT molecular complexity index is 1310. The van der Waals surface area contributed by atoms with Gasteiger partial charge >= 0.3 is 0 Å². The van der Waals surface area contributed by atoms with Crippen molar-refractivity contribution in [3.63, 3.8) is 0 Å². The Hall–Kier alpha value is -2.80. The Labute approximate surface area is 174 Å². The van der Waals surface area contributed by atoms with Crippen molar-refractivity contribution >= 4 is 59.8 Å². The average molecular weight is 420 g/mol. The van der Waals surface area contributed by atoms with Crippen LogP contribution < -0.4 is 17.2 Å². The molecule has 6 heteroatoms. The second-order valence-electron chi connectivity index (χ2n) is 6.53. The van der Waals surface area contributed by atoms with Gasteiger partial charge in [0, 0.05) is 20.2 Å². The van der Waals surface area contributed by atoms with Crippen LogP contribution >= 0.6 is 34.0 Å². The summed E-state index contributed by atoms with van der Waals surface area (Å²) in [6.45, 7) is 0. The van der Waals surface area contributed by atoms with Gasteiger partial charge in [-0.05, 0) is 70.4 Å². The number of anilines is 3. The zero-order valence-electron chi connectivity index (χ0n) is 14.8. The molecule has 28 heavy (non-hydrogen) atoms. The number of thiophene rings is 3. The lowest BCUT2D eigenvalue weighted by Crippen LogP contribution is -1.85. The molecule has 3 aromatic heterocycles. The molecule has 3 heterocycles. The summed E-state index contributed by atoms with van der Waals surface area (Å²) in [7, 11) is 0.